The molecule has 136 valence electrons. The molecule has 1 aromatic heterocycles. The molecule has 3 rings (SSSR count). The van der Waals surface area contributed by atoms with Gasteiger partial charge in [0.25, 0.3) is 0 Å². The zero-order valence-corrected chi connectivity index (χ0v) is 16.5. The highest BCUT2D eigenvalue weighted by atomic mass is 16.5. The number of rotatable bonds is 5. The molecule has 2 aromatic rings. The number of aromatic nitrogens is 3. The minimum absolute atomic E-state index is 0.155. The zero-order chi connectivity index (χ0) is 18.4. The SMILES string of the molecule is Cc1cccc(OC(C)c2nnc(N(C)C3CC(C)(C)C3)n2C)c1C. The number of hydrogen-bond acceptors (Lipinski definition) is 4. The van der Waals surface area contributed by atoms with Gasteiger partial charge in [-0.05, 0) is 56.2 Å². The van der Waals surface area contributed by atoms with Crippen LogP contribution in [0.5, 0.6) is 5.75 Å². The number of hydrogen-bond donors (Lipinski definition) is 0. The molecule has 1 fully saturated rings. The molecule has 0 spiro atoms. The molecule has 0 radical (unpaired) electrons. The van der Waals surface area contributed by atoms with Crippen molar-refractivity contribution in [1.82, 2.24) is 14.8 Å². The maximum absolute atomic E-state index is 6.18. The average Bonchev–Trinajstić information content (AvgIpc) is 2.90. The van der Waals surface area contributed by atoms with Crippen LogP contribution in [0.25, 0.3) is 0 Å². The lowest BCUT2D eigenvalue weighted by atomic mass is 9.68. The van der Waals surface area contributed by atoms with E-state index in [1.54, 1.807) is 0 Å². The third kappa shape index (κ3) is 3.37. The van der Waals surface area contributed by atoms with Crippen LogP contribution >= 0.6 is 0 Å². The molecule has 25 heavy (non-hydrogen) atoms. The summed E-state index contributed by atoms with van der Waals surface area (Å²) in [6.07, 6.45) is 2.23. The largest absolute Gasteiger partial charge is 0.482 e. The number of ether oxygens (including phenoxy) is 1. The molecule has 5 heteroatoms. The lowest BCUT2D eigenvalue weighted by molar-refractivity contribution is 0.149. The Hall–Kier alpha value is -2.04. The van der Waals surface area contributed by atoms with Gasteiger partial charge in [-0.15, -0.1) is 10.2 Å². The van der Waals surface area contributed by atoms with Crippen molar-refractivity contribution in [3.05, 3.63) is 35.2 Å². The van der Waals surface area contributed by atoms with Crippen LogP contribution in [0, 0.1) is 19.3 Å². The third-order valence-corrected chi connectivity index (χ3v) is 5.55. The van der Waals surface area contributed by atoms with E-state index >= 15 is 0 Å². The van der Waals surface area contributed by atoms with Crippen LogP contribution in [0.3, 0.4) is 0 Å². The molecule has 1 aliphatic rings. The van der Waals surface area contributed by atoms with E-state index in [4.69, 9.17) is 4.74 Å². The fourth-order valence-corrected chi connectivity index (χ4v) is 3.74. The van der Waals surface area contributed by atoms with Gasteiger partial charge in [-0.2, -0.15) is 0 Å². The van der Waals surface area contributed by atoms with Crippen LogP contribution in [0.2, 0.25) is 0 Å². The molecule has 0 bridgehead atoms. The molecule has 0 amide bonds. The van der Waals surface area contributed by atoms with Crippen molar-refractivity contribution in [2.24, 2.45) is 12.5 Å². The molecule has 0 saturated heterocycles. The van der Waals surface area contributed by atoms with Gasteiger partial charge in [0.05, 0.1) is 0 Å². The molecule has 1 aromatic carbocycles. The van der Waals surface area contributed by atoms with Gasteiger partial charge in [0.15, 0.2) is 11.9 Å². The Bertz CT molecular complexity index is 757. The molecular formula is C20H30N4O. The van der Waals surface area contributed by atoms with Crippen LogP contribution in [0.4, 0.5) is 5.95 Å². The number of aryl methyl sites for hydroxylation is 1. The van der Waals surface area contributed by atoms with Crippen molar-refractivity contribution in [1.29, 1.82) is 0 Å². The van der Waals surface area contributed by atoms with Crippen molar-refractivity contribution in [2.45, 2.75) is 59.6 Å². The van der Waals surface area contributed by atoms with Crippen LogP contribution in [-0.4, -0.2) is 27.9 Å². The Morgan fingerprint density at radius 2 is 1.92 bits per heavy atom. The van der Waals surface area contributed by atoms with Gasteiger partial charge < -0.3 is 9.64 Å². The molecule has 1 atom stereocenters. The lowest BCUT2D eigenvalue weighted by Crippen LogP contribution is -2.47. The smallest absolute Gasteiger partial charge is 0.227 e. The first-order chi connectivity index (χ1) is 11.7. The first kappa shape index (κ1) is 17.8. The third-order valence-electron chi connectivity index (χ3n) is 5.55. The first-order valence-corrected chi connectivity index (χ1v) is 9.04. The number of benzene rings is 1. The topological polar surface area (TPSA) is 43.2 Å². The Morgan fingerprint density at radius 1 is 1.24 bits per heavy atom. The van der Waals surface area contributed by atoms with Crippen LogP contribution < -0.4 is 9.64 Å². The first-order valence-electron chi connectivity index (χ1n) is 9.04. The van der Waals surface area contributed by atoms with Crippen LogP contribution in [0.1, 0.15) is 56.7 Å². The highest BCUT2D eigenvalue weighted by Gasteiger charge is 2.39. The standard InChI is InChI=1S/C20H30N4O/c1-13-9-8-10-17(14(13)2)25-15(3)18-21-22-19(24(18)7)23(6)16-11-20(4,5)12-16/h8-10,15-16H,11-12H2,1-7H3. The lowest BCUT2D eigenvalue weighted by Gasteiger charge is -2.47. The Labute approximate surface area is 151 Å². The second-order valence-corrected chi connectivity index (χ2v) is 8.21. The van der Waals surface area contributed by atoms with E-state index in [0.29, 0.717) is 11.5 Å². The van der Waals surface area contributed by atoms with Crippen molar-refractivity contribution >= 4 is 5.95 Å². The Morgan fingerprint density at radius 3 is 2.56 bits per heavy atom. The van der Waals surface area contributed by atoms with E-state index in [0.717, 1.165) is 17.5 Å². The minimum atomic E-state index is -0.155. The van der Waals surface area contributed by atoms with E-state index in [-0.39, 0.29) is 6.10 Å². The summed E-state index contributed by atoms with van der Waals surface area (Å²) in [5.74, 6) is 2.67. The van der Waals surface area contributed by atoms with Gasteiger partial charge in [-0.3, -0.25) is 4.57 Å². The van der Waals surface area contributed by atoms with E-state index in [9.17, 15) is 0 Å². The van der Waals surface area contributed by atoms with Crippen molar-refractivity contribution in [3.63, 3.8) is 0 Å². The summed E-state index contributed by atoms with van der Waals surface area (Å²) in [5.41, 5.74) is 2.85. The summed E-state index contributed by atoms with van der Waals surface area (Å²) in [4.78, 5) is 2.26. The summed E-state index contributed by atoms with van der Waals surface area (Å²) in [6, 6.07) is 6.68. The maximum atomic E-state index is 6.18. The van der Waals surface area contributed by atoms with Crippen LogP contribution in [0.15, 0.2) is 18.2 Å². The summed E-state index contributed by atoms with van der Waals surface area (Å²) in [6.45, 7) is 10.9. The summed E-state index contributed by atoms with van der Waals surface area (Å²) in [7, 11) is 4.14. The quantitative estimate of drug-likeness (QED) is 0.817. The predicted molar refractivity (Wildman–Crippen MR) is 101 cm³/mol. The van der Waals surface area contributed by atoms with E-state index < -0.39 is 0 Å². The predicted octanol–water partition coefficient (Wildman–Crippen LogP) is 4.20. The summed E-state index contributed by atoms with van der Waals surface area (Å²) in [5, 5.41) is 8.84. The van der Waals surface area contributed by atoms with Gasteiger partial charge in [0.1, 0.15) is 5.75 Å². The maximum Gasteiger partial charge on any atom is 0.227 e. The van der Waals surface area contributed by atoms with Crippen molar-refractivity contribution in [2.75, 3.05) is 11.9 Å². The van der Waals surface area contributed by atoms with Gasteiger partial charge >= 0.3 is 0 Å². The second kappa shape index (κ2) is 6.36. The zero-order valence-electron chi connectivity index (χ0n) is 16.5. The van der Waals surface area contributed by atoms with Crippen molar-refractivity contribution < 1.29 is 4.74 Å². The molecule has 0 N–H and O–H groups in total. The van der Waals surface area contributed by atoms with Crippen LogP contribution in [-0.2, 0) is 7.05 Å². The fraction of sp³-hybridized carbons (Fsp3) is 0.600. The monoisotopic (exact) mass is 342 g/mol. The summed E-state index contributed by atoms with van der Waals surface area (Å²) < 4.78 is 8.23. The highest BCUT2D eigenvalue weighted by Crippen LogP contribution is 2.43. The molecule has 1 heterocycles. The summed E-state index contributed by atoms with van der Waals surface area (Å²) >= 11 is 0. The minimum Gasteiger partial charge on any atom is -0.482 e. The molecule has 1 unspecified atom stereocenters. The molecule has 1 saturated carbocycles. The molecule has 1 aliphatic carbocycles. The van der Waals surface area contributed by atoms with Gasteiger partial charge in [-0.25, -0.2) is 0 Å². The fourth-order valence-electron chi connectivity index (χ4n) is 3.74. The van der Waals surface area contributed by atoms with Gasteiger partial charge in [0, 0.05) is 20.1 Å². The Kier molecular flexibility index (Phi) is 4.52. The number of anilines is 1. The number of nitrogens with zero attached hydrogens (tertiary/aromatic N) is 4. The molecular weight excluding hydrogens is 312 g/mol. The molecule has 0 aliphatic heterocycles. The van der Waals surface area contributed by atoms with E-state index in [1.807, 2.05) is 26.1 Å². The second-order valence-electron chi connectivity index (χ2n) is 8.21. The van der Waals surface area contributed by atoms with Crippen molar-refractivity contribution in [3.8, 4) is 5.75 Å². The highest BCUT2D eigenvalue weighted by molar-refractivity contribution is 5.39. The van der Waals surface area contributed by atoms with Gasteiger partial charge in [-0.1, -0.05) is 26.0 Å². The van der Waals surface area contributed by atoms with E-state index in [2.05, 4.69) is 60.5 Å². The normalized spacial score (nSPS) is 17.9. The van der Waals surface area contributed by atoms with Gasteiger partial charge in [0.2, 0.25) is 5.95 Å². The average molecular weight is 342 g/mol. The van der Waals surface area contributed by atoms with E-state index in [1.165, 1.54) is 24.0 Å². The Balaban J connectivity index is 1.75. The molecule has 5 nitrogen and oxygen atoms in total.